The molecule has 2 saturated heterocycles. The number of rotatable bonds is 5. The number of hydrogen-bond donors (Lipinski definition) is 1. The Hall–Kier alpha value is -3.42. The van der Waals surface area contributed by atoms with E-state index in [4.69, 9.17) is 15.5 Å². The van der Waals surface area contributed by atoms with Crippen molar-refractivity contribution in [2.75, 3.05) is 31.9 Å². The van der Waals surface area contributed by atoms with Crippen LogP contribution >= 0.6 is 0 Å². The molecule has 4 heterocycles. The van der Waals surface area contributed by atoms with Crippen molar-refractivity contribution in [1.29, 1.82) is 0 Å². The summed E-state index contributed by atoms with van der Waals surface area (Å²) < 4.78 is 8.38. The summed E-state index contributed by atoms with van der Waals surface area (Å²) in [6.07, 6.45) is 11.5. The average molecular weight is 509 g/mol. The van der Waals surface area contributed by atoms with Crippen molar-refractivity contribution < 1.29 is 4.74 Å². The summed E-state index contributed by atoms with van der Waals surface area (Å²) in [6.45, 7) is 5.06. The van der Waals surface area contributed by atoms with Crippen LogP contribution < -0.4 is 10.5 Å². The molecule has 0 bridgehead atoms. The number of piperazine rings is 1. The Morgan fingerprint density at radius 3 is 2.29 bits per heavy atom. The molecular formula is C31H36N6O. The molecule has 2 aromatic heterocycles. The van der Waals surface area contributed by atoms with E-state index in [1.165, 1.54) is 64.7 Å². The Kier molecular flexibility index (Phi) is 6.26. The van der Waals surface area contributed by atoms with Crippen LogP contribution in [0.3, 0.4) is 0 Å². The molecule has 196 valence electrons. The molecule has 7 nitrogen and oxygen atoms in total. The molecule has 1 aliphatic carbocycles. The van der Waals surface area contributed by atoms with Gasteiger partial charge in [-0.1, -0.05) is 30.3 Å². The molecular weight excluding hydrogens is 472 g/mol. The third-order valence-electron chi connectivity index (χ3n) is 8.98. The van der Waals surface area contributed by atoms with Gasteiger partial charge in [-0.15, -0.1) is 0 Å². The lowest BCUT2D eigenvalue weighted by Crippen LogP contribution is -2.54. The number of nitrogen functional groups attached to an aromatic ring is 1. The molecule has 0 spiro atoms. The van der Waals surface area contributed by atoms with E-state index in [-0.39, 0.29) is 0 Å². The standard InChI is InChI=1S/C31H36N6O/c32-30-29-28(22-8-14-27(15-9-22)38-26-6-2-1-3-7-26)20-37(31(29)34-21-33-30)24-12-10-23(11-13-24)36-18-17-35-16-4-5-25(35)19-36/h1-3,6-9,14-15,20-21,23-25H,4-5,10-13,16-19H2,(H2,32,33,34)/t23-,24+,25-/m1/s1. The van der Waals surface area contributed by atoms with E-state index >= 15 is 0 Å². The fourth-order valence-corrected chi connectivity index (χ4v) is 6.98. The van der Waals surface area contributed by atoms with E-state index in [2.05, 4.69) is 37.7 Å². The largest absolute Gasteiger partial charge is 0.457 e. The zero-order valence-electron chi connectivity index (χ0n) is 21.9. The minimum atomic E-state index is 0.435. The molecule has 3 aliphatic rings. The molecule has 1 saturated carbocycles. The van der Waals surface area contributed by atoms with E-state index < -0.39 is 0 Å². The number of nitrogens with zero attached hydrogens (tertiary/aromatic N) is 5. The smallest absolute Gasteiger partial charge is 0.146 e. The topological polar surface area (TPSA) is 72.4 Å². The van der Waals surface area contributed by atoms with E-state index in [9.17, 15) is 0 Å². The summed E-state index contributed by atoms with van der Waals surface area (Å²) in [5.74, 6) is 2.18. The Morgan fingerprint density at radius 2 is 1.47 bits per heavy atom. The molecule has 0 amide bonds. The van der Waals surface area contributed by atoms with Gasteiger partial charge in [0, 0.05) is 49.5 Å². The molecule has 2 N–H and O–H groups in total. The predicted molar refractivity (Wildman–Crippen MR) is 151 cm³/mol. The highest BCUT2D eigenvalue weighted by molar-refractivity contribution is 6.00. The lowest BCUT2D eigenvalue weighted by molar-refractivity contribution is 0.0516. The second kappa shape index (κ2) is 10.0. The molecule has 0 unspecified atom stereocenters. The van der Waals surface area contributed by atoms with Crippen LogP contribution in [0.2, 0.25) is 0 Å². The molecule has 2 aromatic carbocycles. The van der Waals surface area contributed by atoms with Crippen molar-refractivity contribution >= 4 is 16.9 Å². The summed E-state index contributed by atoms with van der Waals surface area (Å²) >= 11 is 0. The monoisotopic (exact) mass is 508 g/mol. The SMILES string of the molecule is Nc1ncnc2c1c(-c1ccc(Oc3ccccc3)cc1)cn2[C@H]1CC[C@@H](N2CCN3CCC[C@@H]3C2)CC1. The molecule has 38 heavy (non-hydrogen) atoms. The molecule has 0 radical (unpaired) electrons. The Balaban J connectivity index is 1.11. The van der Waals surface area contributed by atoms with Crippen molar-refractivity contribution in [2.45, 2.75) is 56.7 Å². The molecule has 7 rings (SSSR count). The second-order valence-corrected chi connectivity index (χ2v) is 11.1. The maximum atomic E-state index is 6.43. The van der Waals surface area contributed by atoms with Gasteiger partial charge in [-0.25, -0.2) is 9.97 Å². The highest BCUT2D eigenvalue weighted by Crippen LogP contribution is 2.40. The Labute approximate surface area is 224 Å². The number of para-hydroxylation sites is 1. The fraction of sp³-hybridized carbons (Fsp3) is 0.419. The average Bonchev–Trinajstić information content (AvgIpc) is 3.60. The number of aromatic nitrogens is 3. The van der Waals surface area contributed by atoms with Gasteiger partial charge in [0.2, 0.25) is 0 Å². The highest BCUT2D eigenvalue weighted by atomic mass is 16.5. The molecule has 4 aromatic rings. The highest BCUT2D eigenvalue weighted by Gasteiger charge is 2.35. The Morgan fingerprint density at radius 1 is 0.737 bits per heavy atom. The van der Waals surface area contributed by atoms with E-state index in [1.807, 2.05) is 42.5 Å². The number of anilines is 1. The number of ether oxygens (including phenoxy) is 1. The van der Waals surface area contributed by atoms with Crippen LogP contribution in [0.5, 0.6) is 11.5 Å². The maximum absolute atomic E-state index is 6.43. The van der Waals surface area contributed by atoms with Gasteiger partial charge in [0.15, 0.2) is 0 Å². The van der Waals surface area contributed by atoms with Crippen molar-refractivity contribution in [3.8, 4) is 22.6 Å². The number of fused-ring (bicyclic) bond motifs is 2. The van der Waals surface area contributed by atoms with Crippen molar-refractivity contribution in [1.82, 2.24) is 24.3 Å². The third kappa shape index (κ3) is 4.44. The van der Waals surface area contributed by atoms with Crippen molar-refractivity contribution in [3.63, 3.8) is 0 Å². The quantitative estimate of drug-likeness (QED) is 0.371. The van der Waals surface area contributed by atoms with E-state index in [0.717, 1.165) is 39.7 Å². The van der Waals surface area contributed by atoms with Gasteiger partial charge in [-0.3, -0.25) is 9.80 Å². The molecule has 2 aliphatic heterocycles. The predicted octanol–water partition coefficient (Wildman–Crippen LogP) is 5.74. The molecule has 3 fully saturated rings. The van der Waals surface area contributed by atoms with Gasteiger partial charge in [-0.2, -0.15) is 0 Å². The number of benzene rings is 2. The minimum absolute atomic E-state index is 0.435. The van der Waals surface area contributed by atoms with Crippen molar-refractivity contribution in [3.05, 3.63) is 67.1 Å². The van der Waals surface area contributed by atoms with Crippen LogP contribution in [-0.2, 0) is 0 Å². The van der Waals surface area contributed by atoms with Gasteiger partial charge in [0.05, 0.1) is 5.39 Å². The van der Waals surface area contributed by atoms with Crippen LogP contribution in [-0.4, -0.2) is 62.6 Å². The van der Waals surface area contributed by atoms with E-state index in [0.29, 0.717) is 17.9 Å². The first kappa shape index (κ1) is 23.7. The van der Waals surface area contributed by atoms with E-state index in [1.54, 1.807) is 6.33 Å². The summed E-state index contributed by atoms with van der Waals surface area (Å²) in [7, 11) is 0. The summed E-state index contributed by atoms with van der Waals surface area (Å²) in [5, 5.41) is 0.948. The van der Waals surface area contributed by atoms with Crippen LogP contribution in [0.15, 0.2) is 67.1 Å². The van der Waals surface area contributed by atoms with Crippen LogP contribution in [0.25, 0.3) is 22.2 Å². The zero-order valence-corrected chi connectivity index (χ0v) is 21.9. The minimum Gasteiger partial charge on any atom is -0.457 e. The van der Waals surface area contributed by atoms with Gasteiger partial charge in [0.1, 0.15) is 29.3 Å². The first-order valence-corrected chi connectivity index (χ1v) is 14.2. The van der Waals surface area contributed by atoms with Crippen molar-refractivity contribution in [2.24, 2.45) is 0 Å². The second-order valence-electron chi connectivity index (χ2n) is 11.1. The first-order chi connectivity index (χ1) is 18.7. The van der Waals surface area contributed by atoms with Crippen LogP contribution in [0.4, 0.5) is 5.82 Å². The third-order valence-corrected chi connectivity index (χ3v) is 8.98. The summed E-state index contributed by atoms with van der Waals surface area (Å²) in [6, 6.07) is 20.0. The summed E-state index contributed by atoms with van der Waals surface area (Å²) in [5.41, 5.74) is 9.56. The van der Waals surface area contributed by atoms with Gasteiger partial charge in [0.25, 0.3) is 0 Å². The summed E-state index contributed by atoms with van der Waals surface area (Å²) in [4.78, 5) is 14.6. The fourth-order valence-electron chi connectivity index (χ4n) is 6.98. The van der Waals surface area contributed by atoms with Gasteiger partial charge >= 0.3 is 0 Å². The molecule has 1 atom stereocenters. The number of nitrogens with two attached hydrogens (primary N) is 1. The van der Waals surface area contributed by atoms with Gasteiger partial charge < -0.3 is 15.0 Å². The van der Waals surface area contributed by atoms with Gasteiger partial charge in [-0.05, 0) is 74.9 Å². The number of hydrogen-bond acceptors (Lipinski definition) is 6. The lowest BCUT2D eigenvalue weighted by atomic mass is 9.89. The zero-order chi connectivity index (χ0) is 25.5. The van der Waals surface area contributed by atoms with Crippen LogP contribution in [0.1, 0.15) is 44.6 Å². The lowest BCUT2D eigenvalue weighted by Gasteiger charge is -2.44. The first-order valence-electron chi connectivity index (χ1n) is 14.2. The molecule has 7 heteroatoms. The maximum Gasteiger partial charge on any atom is 0.146 e. The Bertz CT molecular complexity index is 1390. The normalized spacial score (nSPS) is 24.5. The van der Waals surface area contributed by atoms with Crippen LogP contribution in [0, 0.1) is 0 Å².